The second-order valence-corrected chi connectivity index (χ2v) is 8.52. The maximum absolute atomic E-state index is 12.8. The van der Waals surface area contributed by atoms with Crippen molar-refractivity contribution in [3.63, 3.8) is 0 Å². The summed E-state index contributed by atoms with van der Waals surface area (Å²) < 4.78 is 2.15. The van der Waals surface area contributed by atoms with Gasteiger partial charge in [-0.05, 0) is 24.5 Å². The average molecular weight is 462 g/mol. The van der Waals surface area contributed by atoms with E-state index in [1.54, 1.807) is 0 Å². The first-order valence-electron chi connectivity index (χ1n) is 9.29. The first-order chi connectivity index (χ1) is 13.6. The molecule has 0 aliphatic carbocycles. The van der Waals surface area contributed by atoms with Gasteiger partial charge >= 0.3 is 0 Å². The van der Waals surface area contributed by atoms with E-state index >= 15 is 0 Å². The third-order valence-corrected chi connectivity index (χ3v) is 6.55. The van der Waals surface area contributed by atoms with Crippen molar-refractivity contribution >= 4 is 43.3 Å². The highest BCUT2D eigenvalue weighted by Gasteiger charge is 2.19. The zero-order valence-electron chi connectivity index (χ0n) is 15.2. The second-order valence-electron chi connectivity index (χ2n) is 6.73. The number of carbonyl (C=O) groups excluding carboxylic acids is 1. The first-order valence-corrected chi connectivity index (χ1v) is 10.9. The Hall–Kier alpha value is -2.26. The van der Waals surface area contributed by atoms with E-state index in [1.165, 1.54) is 34.9 Å². The van der Waals surface area contributed by atoms with E-state index in [2.05, 4.69) is 36.2 Å². The van der Waals surface area contributed by atoms with Crippen molar-refractivity contribution in [2.75, 3.05) is 18.0 Å². The minimum atomic E-state index is -0.452. The van der Waals surface area contributed by atoms with E-state index in [4.69, 9.17) is 0 Å². The zero-order valence-corrected chi connectivity index (χ0v) is 17.6. The van der Waals surface area contributed by atoms with Gasteiger partial charge < -0.3 is 10.2 Å². The number of nitrogens with one attached hydrogen (secondary N) is 1. The fourth-order valence-corrected chi connectivity index (χ4v) is 4.57. The number of benzene rings is 1. The lowest BCUT2D eigenvalue weighted by molar-refractivity contribution is 0.0948. The molecule has 2 aromatic heterocycles. The van der Waals surface area contributed by atoms with Crippen LogP contribution < -0.4 is 15.8 Å². The molecule has 9 heteroatoms. The topological polar surface area (TPSA) is 79.6 Å². The molecule has 1 N–H and O–H groups in total. The summed E-state index contributed by atoms with van der Waals surface area (Å²) in [6, 6.07) is 7.62. The zero-order chi connectivity index (χ0) is 19.5. The molecule has 0 bridgehead atoms. The number of hydrogen-bond donors (Lipinski definition) is 1. The van der Waals surface area contributed by atoms with Gasteiger partial charge in [0.2, 0.25) is 10.1 Å². The lowest BCUT2D eigenvalue weighted by Crippen LogP contribution is -2.31. The van der Waals surface area contributed by atoms with Crippen LogP contribution in [0.4, 0.5) is 5.13 Å². The van der Waals surface area contributed by atoms with Crippen LogP contribution in [0.15, 0.2) is 39.7 Å². The molecule has 3 aromatic rings. The SMILES string of the molecule is O=C(NCc1ccccc1Br)c1cnc2sc(N3CCCCCC3)nn2c1=O. The molecule has 1 amide bonds. The van der Waals surface area contributed by atoms with Crippen LogP contribution in [0.2, 0.25) is 0 Å². The van der Waals surface area contributed by atoms with E-state index in [0.717, 1.165) is 41.1 Å². The maximum Gasteiger partial charge on any atom is 0.288 e. The second kappa shape index (κ2) is 8.40. The monoisotopic (exact) mass is 461 g/mol. The fraction of sp³-hybridized carbons (Fsp3) is 0.368. The molecular formula is C19H20BrN5O2S. The Balaban J connectivity index is 1.56. The quantitative estimate of drug-likeness (QED) is 0.644. The van der Waals surface area contributed by atoms with Crippen LogP contribution in [-0.4, -0.2) is 33.6 Å². The van der Waals surface area contributed by atoms with Crippen LogP contribution in [0, 0.1) is 0 Å². The Labute approximate surface area is 174 Å². The van der Waals surface area contributed by atoms with Crippen molar-refractivity contribution in [2.24, 2.45) is 0 Å². The van der Waals surface area contributed by atoms with Crippen molar-refractivity contribution in [2.45, 2.75) is 32.2 Å². The molecular weight excluding hydrogens is 442 g/mol. The van der Waals surface area contributed by atoms with Crippen molar-refractivity contribution in [1.29, 1.82) is 0 Å². The van der Waals surface area contributed by atoms with E-state index in [1.807, 2.05) is 24.3 Å². The van der Waals surface area contributed by atoms with Crippen LogP contribution in [0.25, 0.3) is 4.96 Å². The molecule has 28 heavy (non-hydrogen) atoms. The summed E-state index contributed by atoms with van der Waals surface area (Å²) >= 11 is 4.84. The number of carbonyl (C=O) groups is 1. The molecule has 3 heterocycles. The van der Waals surface area contributed by atoms with Crippen LogP contribution >= 0.6 is 27.3 Å². The summed E-state index contributed by atoms with van der Waals surface area (Å²) in [6.07, 6.45) is 6.04. The fourth-order valence-electron chi connectivity index (χ4n) is 3.23. The molecule has 0 unspecified atom stereocenters. The summed E-state index contributed by atoms with van der Waals surface area (Å²) in [5.41, 5.74) is 0.492. The van der Waals surface area contributed by atoms with Gasteiger partial charge in [-0.25, -0.2) is 4.98 Å². The van der Waals surface area contributed by atoms with Crippen LogP contribution in [-0.2, 0) is 6.54 Å². The third-order valence-electron chi connectivity index (χ3n) is 4.79. The summed E-state index contributed by atoms with van der Waals surface area (Å²) in [7, 11) is 0. The van der Waals surface area contributed by atoms with Gasteiger partial charge in [-0.1, -0.05) is 58.3 Å². The van der Waals surface area contributed by atoms with Gasteiger partial charge in [0, 0.05) is 30.3 Å². The first kappa shape index (κ1) is 19.1. The maximum atomic E-state index is 12.8. The molecule has 4 rings (SSSR count). The minimum Gasteiger partial charge on any atom is -0.348 e. The van der Waals surface area contributed by atoms with Gasteiger partial charge in [-0.15, -0.1) is 5.10 Å². The standard InChI is InChI=1S/C19H20BrN5O2S/c20-15-8-4-3-7-13(15)11-21-16(26)14-12-22-18-25(17(14)27)23-19(28-18)24-9-5-1-2-6-10-24/h3-4,7-8,12H,1-2,5-6,9-11H2,(H,21,26). The molecule has 0 spiro atoms. The van der Waals surface area contributed by atoms with Gasteiger partial charge in [0.25, 0.3) is 11.5 Å². The third kappa shape index (κ3) is 3.95. The van der Waals surface area contributed by atoms with Crippen molar-refractivity contribution in [3.8, 4) is 0 Å². The number of anilines is 1. The van der Waals surface area contributed by atoms with Gasteiger partial charge in [-0.2, -0.15) is 4.52 Å². The summed E-state index contributed by atoms with van der Waals surface area (Å²) in [5.74, 6) is -0.452. The molecule has 1 saturated heterocycles. The summed E-state index contributed by atoms with van der Waals surface area (Å²) in [5, 5.41) is 8.02. The highest BCUT2D eigenvalue weighted by molar-refractivity contribution is 9.10. The Morgan fingerprint density at radius 1 is 1.18 bits per heavy atom. The van der Waals surface area contributed by atoms with Crippen molar-refractivity contribution < 1.29 is 4.79 Å². The number of halogens is 1. The number of fused-ring (bicyclic) bond motifs is 1. The number of aromatic nitrogens is 3. The Bertz CT molecular complexity index is 1060. The largest absolute Gasteiger partial charge is 0.348 e. The van der Waals surface area contributed by atoms with Crippen LogP contribution in [0.1, 0.15) is 41.6 Å². The minimum absolute atomic E-state index is 0.00253. The molecule has 146 valence electrons. The molecule has 7 nitrogen and oxygen atoms in total. The average Bonchev–Trinajstić information content (AvgIpc) is 2.95. The molecule has 0 saturated carbocycles. The Kier molecular flexibility index (Phi) is 5.72. The molecule has 1 fully saturated rings. The highest BCUT2D eigenvalue weighted by atomic mass is 79.9. The normalized spacial score (nSPS) is 14.8. The van der Waals surface area contributed by atoms with E-state index in [-0.39, 0.29) is 5.56 Å². The highest BCUT2D eigenvalue weighted by Crippen LogP contribution is 2.24. The molecule has 1 aliphatic heterocycles. The molecule has 0 atom stereocenters. The van der Waals surface area contributed by atoms with E-state index in [0.29, 0.717) is 11.5 Å². The number of hydrogen-bond acceptors (Lipinski definition) is 6. The predicted molar refractivity (Wildman–Crippen MR) is 113 cm³/mol. The number of amides is 1. The smallest absolute Gasteiger partial charge is 0.288 e. The van der Waals surface area contributed by atoms with E-state index < -0.39 is 11.5 Å². The lowest BCUT2D eigenvalue weighted by atomic mass is 10.2. The van der Waals surface area contributed by atoms with Gasteiger partial charge in [0.15, 0.2) is 0 Å². The summed E-state index contributed by atoms with van der Waals surface area (Å²) in [6.45, 7) is 2.19. The molecule has 0 radical (unpaired) electrons. The van der Waals surface area contributed by atoms with Gasteiger partial charge in [0.05, 0.1) is 0 Å². The van der Waals surface area contributed by atoms with E-state index in [9.17, 15) is 9.59 Å². The number of nitrogens with zero attached hydrogens (tertiary/aromatic N) is 4. The van der Waals surface area contributed by atoms with Crippen molar-refractivity contribution in [3.05, 3.63) is 56.4 Å². The van der Waals surface area contributed by atoms with Crippen LogP contribution in [0.3, 0.4) is 0 Å². The lowest BCUT2D eigenvalue weighted by Gasteiger charge is -2.17. The predicted octanol–water partition coefficient (Wildman–Crippen LogP) is 3.22. The number of rotatable bonds is 4. The Morgan fingerprint density at radius 2 is 1.93 bits per heavy atom. The van der Waals surface area contributed by atoms with Gasteiger partial charge in [-0.3, -0.25) is 9.59 Å². The molecule has 1 aliphatic rings. The molecule has 1 aromatic carbocycles. The Morgan fingerprint density at radius 3 is 2.68 bits per heavy atom. The van der Waals surface area contributed by atoms with Gasteiger partial charge in [0.1, 0.15) is 5.56 Å². The van der Waals surface area contributed by atoms with Crippen molar-refractivity contribution in [1.82, 2.24) is 19.9 Å². The summed E-state index contributed by atoms with van der Waals surface area (Å²) in [4.78, 5) is 32.3. The van der Waals surface area contributed by atoms with Crippen LogP contribution in [0.5, 0.6) is 0 Å².